The Hall–Kier alpha value is -2.53. The predicted octanol–water partition coefficient (Wildman–Crippen LogP) is 2.85. The molecule has 3 rings (SSSR count). The number of para-hydroxylation sites is 1. The lowest BCUT2D eigenvalue weighted by Crippen LogP contribution is -2.49. The summed E-state index contributed by atoms with van der Waals surface area (Å²) in [5.41, 5.74) is 1.17. The first kappa shape index (κ1) is 19.2. The average molecular weight is 368 g/mol. The molecule has 0 aliphatic carbocycles. The molecule has 2 aromatic carbocycles. The lowest BCUT2D eigenvalue weighted by Gasteiger charge is -2.34. The fourth-order valence-electron chi connectivity index (χ4n) is 3.23. The predicted molar refractivity (Wildman–Crippen MR) is 106 cm³/mol. The van der Waals surface area contributed by atoms with Gasteiger partial charge in [0.25, 0.3) is 0 Å². The van der Waals surface area contributed by atoms with E-state index in [2.05, 4.69) is 4.90 Å². The van der Waals surface area contributed by atoms with Crippen molar-refractivity contribution in [2.24, 2.45) is 0 Å². The lowest BCUT2D eigenvalue weighted by molar-refractivity contribution is -0.132. The van der Waals surface area contributed by atoms with Crippen molar-refractivity contribution in [1.82, 2.24) is 9.80 Å². The van der Waals surface area contributed by atoms with Crippen LogP contribution >= 0.6 is 0 Å². The highest BCUT2D eigenvalue weighted by molar-refractivity contribution is 5.76. The van der Waals surface area contributed by atoms with Crippen LogP contribution in [0.4, 0.5) is 0 Å². The summed E-state index contributed by atoms with van der Waals surface area (Å²) in [5.74, 6) is 1.99. The van der Waals surface area contributed by atoms with Crippen LogP contribution in [0.25, 0.3) is 0 Å². The van der Waals surface area contributed by atoms with Crippen LogP contribution in [0.2, 0.25) is 0 Å². The van der Waals surface area contributed by atoms with Crippen molar-refractivity contribution < 1.29 is 14.3 Å². The van der Waals surface area contributed by atoms with Crippen LogP contribution in [0.5, 0.6) is 11.5 Å². The molecule has 1 heterocycles. The molecule has 27 heavy (non-hydrogen) atoms. The Morgan fingerprint density at radius 3 is 2.30 bits per heavy atom. The van der Waals surface area contributed by atoms with Gasteiger partial charge in [-0.2, -0.15) is 0 Å². The molecule has 2 aromatic rings. The van der Waals surface area contributed by atoms with Gasteiger partial charge in [0.1, 0.15) is 18.1 Å². The Balaban J connectivity index is 1.33. The van der Waals surface area contributed by atoms with E-state index in [1.165, 1.54) is 5.56 Å². The molecule has 0 radical (unpaired) electrons. The summed E-state index contributed by atoms with van der Waals surface area (Å²) < 4.78 is 10.9. The van der Waals surface area contributed by atoms with Gasteiger partial charge >= 0.3 is 0 Å². The zero-order valence-corrected chi connectivity index (χ0v) is 16.0. The summed E-state index contributed by atoms with van der Waals surface area (Å²) in [6.45, 7) is 4.98. The first-order chi connectivity index (χ1) is 13.2. The summed E-state index contributed by atoms with van der Waals surface area (Å²) in [6.07, 6.45) is 1.33. The van der Waals surface area contributed by atoms with Crippen LogP contribution in [0.15, 0.2) is 54.6 Å². The number of carbonyl (C=O) groups is 1. The topological polar surface area (TPSA) is 42.0 Å². The Labute approximate surface area is 161 Å². The van der Waals surface area contributed by atoms with Gasteiger partial charge in [0.15, 0.2) is 0 Å². The molecule has 0 aromatic heterocycles. The van der Waals surface area contributed by atoms with E-state index in [-0.39, 0.29) is 5.91 Å². The second kappa shape index (κ2) is 9.97. The molecular formula is C22H28N2O3. The van der Waals surface area contributed by atoms with Crippen molar-refractivity contribution in [2.75, 3.05) is 46.4 Å². The first-order valence-corrected chi connectivity index (χ1v) is 9.55. The third-order valence-corrected chi connectivity index (χ3v) is 4.93. The summed E-state index contributed by atoms with van der Waals surface area (Å²) in [4.78, 5) is 16.8. The van der Waals surface area contributed by atoms with E-state index in [4.69, 9.17) is 9.47 Å². The highest BCUT2D eigenvalue weighted by atomic mass is 16.5. The Morgan fingerprint density at radius 1 is 0.926 bits per heavy atom. The smallest absolute Gasteiger partial charge is 0.222 e. The SMILES string of the molecule is COc1ccc(CCC(=O)N2CCN(CCOc3ccccc3)CC2)cc1. The molecule has 0 spiro atoms. The third-order valence-electron chi connectivity index (χ3n) is 4.93. The molecule has 0 unspecified atom stereocenters. The molecule has 0 atom stereocenters. The van der Waals surface area contributed by atoms with E-state index < -0.39 is 0 Å². The highest BCUT2D eigenvalue weighted by Crippen LogP contribution is 2.14. The largest absolute Gasteiger partial charge is 0.497 e. The lowest BCUT2D eigenvalue weighted by atomic mass is 10.1. The molecule has 1 amide bonds. The van der Waals surface area contributed by atoms with Crippen LogP contribution < -0.4 is 9.47 Å². The number of hydrogen-bond donors (Lipinski definition) is 0. The molecule has 1 fully saturated rings. The first-order valence-electron chi connectivity index (χ1n) is 9.55. The van der Waals surface area contributed by atoms with Gasteiger partial charge in [0.2, 0.25) is 5.91 Å². The molecule has 1 aliphatic rings. The van der Waals surface area contributed by atoms with Gasteiger partial charge < -0.3 is 14.4 Å². The minimum Gasteiger partial charge on any atom is -0.497 e. The van der Waals surface area contributed by atoms with Crippen LogP contribution in [0.1, 0.15) is 12.0 Å². The maximum atomic E-state index is 12.5. The van der Waals surface area contributed by atoms with Crippen LogP contribution in [0.3, 0.4) is 0 Å². The van der Waals surface area contributed by atoms with E-state index >= 15 is 0 Å². The summed E-state index contributed by atoms with van der Waals surface area (Å²) in [6, 6.07) is 17.8. The zero-order valence-electron chi connectivity index (χ0n) is 16.0. The van der Waals surface area contributed by atoms with Crippen LogP contribution in [0, 0.1) is 0 Å². The number of ether oxygens (including phenoxy) is 2. The summed E-state index contributed by atoms with van der Waals surface area (Å²) in [5, 5.41) is 0. The van der Waals surface area contributed by atoms with Gasteiger partial charge in [-0.25, -0.2) is 0 Å². The van der Waals surface area contributed by atoms with Crippen molar-refractivity contribution in [3.05, 3.63) is 60.2 Å². The fourth-order valence-corrected chi connectivity index (χ4v) is 3.23. The average Bonchev–Trinajstić information content (AvgIpc) is 2.73. The Morgan fingerprint density at radius 2 is 1.63 bits per heavy atom. The molecule has 144 valence electrons. The molecule has 1 aliphatic heterocycles. The van der Waals surface area contributed by atoms with Gasteiger partial charge in [-0.3, -0.25) is 9.69 Å². The van der Waals surface area contributed by atoms with Crippen molar-refractivity contribution in [1.29, 1.82) is 0 Å². The van der Waals surface area contributed by atoms with E-state index in [0.717, 1.165) is 50.6 Å². The van der Waals surface area contributed by atoms with Gasteiger partial charge in [0.05, 0.1) is 7.11 Å². The van der Waals surface area contributed by atoms with Gasteiger partial charge in [0, 0.05) is 39.1 Å². The van der Waals surface area contributed by atoms with Gasteiger partial charge in [-0.1, -0.05) is 30.3 Å². The Kier molecular flexibility index (Phi) is 7.11. The molecule has 0 bridgehead atoms. The number of benzene rings is 2. The van der Waals surface area contributed by atoms with Crippen molar-refractivity contribution in [3.63, 3.8) is 0 Å². The van der Waals surface area contributed by atoms with Crippen LogP contribution in [-0.4, -0.2) is 62.1 Å². The Bertz CT molecular complexity index is 695. The number of rotatable bonds is 8. The molecule has 1 saturated heterocycles. The number of methoxy groups -OCH3 is 1. The van der Waals surface area contributed by atoms with E-state index in [1.807, 2.05) is 59.5 Å². The van der Waals surface area contributed by atoms with E-state index in [0.29, 0.717) is 13.0 Å². The standard InChI is InChI=1S/C22H28N2O3/c1-26-20-10-7-19(8-11-20)9-12-22(25)24-15-13-23(14-16-24)17-18-27-21-5-3-2-4-6-21/h2-8,10-11H,9,12-18H2,1H3. The number of amides is 1. The number of piperazine rings is 1. The number of nitrogens with zero attached hydrogens (tertiary/aromatic N) is 2. The quantitative estimate of drug-likeness (QED) is 0.719. The van der Waals surface area contributed by atoms with Crippen LogP contribution in [-0.2, 0) is 11.2 Å². The summed E-state index contributed by atoms with van der Waals surface area (Å²) in [7, 11) is 1.66. The minimum absolute atomic E-state index is 0.242. The minimum atomic E-state index is 0.242. The fraction of sp³-hybridized carbons (Fsp3) is 0.409. The number of hydrogen-bond acceptors (Lipinski definition) is 4. The maximum absolute atomic E-state index is 12.5. The molecule has 0 N–H and O–H groups in total. The number of carbonyl (C=O) groups excluding carboxylic acids is 1. The number of aryl methyl sites for hydroxylation is 1. The third kappa shape index (κ3) is 6.00. The normalized spacial score (nSPS) is 14.8. The highest BCUT2D eigenvalue weighted by Gasteiger charge is 2.20. The second-order valence-electron chi connectivity index (χ2n) is 6.73. The van der Waals surface area contributed by atoms with Crippen molar-refractivity contribution in [2.45, 2.75) is 12.8 Å². The molecule has 5 heteroatoms. The second-order valence-corrected chi connectivity index (χ2v) is 6.73. The monoisotopic (exact) mass is 368 g/mol. The molecular weight excluding hydrogens is 340 g/mol. The van der Waals surface area contributed by atoms with Crippen molar-refractivity contribution in [3.8, 4) is 11.5 Å². The summed E-state index contributed by atoms with van der Waals surface area (Å²) >= 11 is 0. The maximum Gasteiger partial charge on any atom is 0.222 e. The van der Waals surface area contributed by atoms with E-state index in [9.17, 15) is 4.79 Å². The van der Waals surface area contributed by atoms with Gasteiger partial charge in [-0.05, 0) is 36.2 Å². The molecule has 5 nitrogen and oxygen atoms in total. The van der Waals surface area contributed by atoms with Crippen molar-refractivity contribution >= 4 is 5.91 Å². The van der Waals surface area contributed by atoms with Gasteiger partial charge in [-0.15, -0.1) is 0 Å². The zero-order chi connectivity index (χ0) is 18.9. The molecule has 0 saturated carbocycles. The van der Waals surface area contributed by atoms with E-state index in [1.54, 1.807) is 7.11 Å².